The first-order chi connectivity index (χ1) is 8.97. The van der Waals surface area contributed by atoms with Crippen LogP contribution in [0.4, 0.5) is 13.2 Å². The minimum absolute atomic E-state index is 0.0673. The zero-order chi connectivity index (χ0) is 14.0. The fourth-order valence-corrected chi connectivity index (χ4v) is 2.00. The van der Waals surface area contributed by atoms with Crippen LogP contribution in [0.25, 0.3) is 10.9 Å². The van der Waals surface area contributed by atoms with Gasteiger partial charge in [0, 0.05) is 11.5 Å². The fourth-order valence-electron chi connectivity index (χ4n) is 2.00. The van der Waals surface area contributed by atoms with Crippen molar-refractivity contribution < 1.29 is 17.9 Å². The molecular formula is C13H13F3N2O. The standard InChI is InChI=1S/C13H13F3N2O/c1-3-4-10-12-9(13(14,15)16)5-8(19-2)6-11(12)18-7-17-10/h5-7H,3-4H2,1-2H3. The van der Waals surface area contributed by atoms with Gasteiger partial charge in [-0.25, -0.2) is 9.97 Å². The third-order valence-corrected chi connectivity index (χ3v) is 2.82. The number of hydrogen-bond donors (Lipinski definition) is 0. The zero-order valence-electron chi connectivity index (χ0n) is 10.6. The maximum Gasteiger partial charge on any atom is 0.417 e. The lowest BCUT2D eigenvalue weighted by Crippen LogP contribution is -2.09. The first kappa shape index (κ1) is 13.6. The van der Waals surface area contributed by atoms with Crippen molar-refractivity contribution in [2.45, 2.75) is 25.9 Å². The van der Waals surface area contributed by atoms with E-state index in [1.165, 1.54) is 19.5 Å². The van der Waals surface area contributed by atoms with Crippen molar-refractivity contribution in [3.63, 3.8) is 0 Å². The summed E-state index contributed by atoms with van der Waals surface area (Å²) in [6.07, 6.45) is -1.98. The Morgan fingerprint density at radius 1 is 1.21 bits per heavy atom. The molecule has 0 aliphatic carbocycles. The van der Waals surface area contributed by atoms with E-state index in [2.05, 4.69) is 9.97 Å². The largest absolute Gasteiger partial charge is 0.497 e. The summed E-state index contributed by atoms with van der Waals surface area (Å²) in [5, 5.41) is 0.0673. The van der Waals surface area contributed by atoms with Crippen LogP contribution in [0.5, 0.6) is 5.75 Å². The highest BCUT2D eigenvalue weighted by molar-refractivity contribution is 5.86. The summed E-state index contributed by atoms with van der Waals surface area (Å²) in [5.74, 6) is 0.140. The first-order valence-corrected chi connectivity index (χ1v) is 5.86. The molecule has 0 saturated heterocycles. The van der Waals surface area contributed by atoms with Crippen molar-refractivity contribution >= 4 is 10.9 Å². The van der Waals surface area contributed by atoms with Crippen LogP contribution in [-0.4, -0.2) is 17.1 Å². The molecule has 0 saturated carbocycles. The van der Waals surface area contributed by atoms with Crippen LogP contribution in [0.1, 0.15) is 24.6 Å². The van der Waals surface area contributed by atoms with Gasteiger partial charge in [-0.05, 0) is 12.5 Å². The number of hydrogen-bond acceptors (Lipinski definition) is 3. The normalized spacial score (nSPS) is 11.8. The predicted molar refractivity (Wildman–Crippen MR) is 65.1 cm³/mol. The minimum Gasteiger partial charge on any atom is -0.497 e. The summed E-state index contributed by atoms with van der Waals surface area (Å²) in [5.41, 5.74) is -0.0708. The van der Waals surface area contributed by atoms with Crippen molar-refractivity contribution in [3.8, 4) is 5.75 Å². The van der Waals surface area contributed by atoms with Gasteiger partial charge in [0.25, 0.3) is 0 Å². The van der Waals surface area contributed by atoms with Gasteiger partial charge in [0.2, 0.25) is 0 Å². The Hall–Kier alpha value is -1.85. The molecule has 0 amide bonds. The quantitative estimate of drug-likeness (QED) is 0.854. The van der Waals surface area contributed by atoms with Crippen LogP contribution in [-0.2, 0) is 12.6 Å². The number of alkyl halides is 3. The number of halogens is 3. The number of ether oxygens (including phenoxy) is 1. The van der Waals surface area contributed by atoms with Gasteiger partial charge in [0.15, 0.2) is 0 Å². The molecule has 1 heterocycles. The SMILES string of the molecule is CCCc1ncnc2cc(OC)cc(C(F)(F)F)c12. The molecule has 0 radical (unpaired) electrons. The van der Waals surface area contributed by atoms with E-state index in [1.807, 2.05) is 6.92 Å². The number of rotatable bonds is 3. The molecule has 2 rings (SSSR count). The van der Waals surface area contributed by atoms with Crippen molar-refractivity contribution in [1.82, 2.24) is 9.97 Å². The summed E-state index contributed by atoms with van der Waals surface area (Å²) in [6.45, 7) is 1.89. The lowest BCUT2D eigenvalue weighted by atomic mass is 10.0. The molecule has 2 aromatic rings. The third kappa shape index (κ3) is 2.62. The maximum absolute atomic E-state index is 13.1. The summed E-state index contributed by atoms with van der Waals surface area (Å²) in [4.78, 5) is 7.89. The molecule has 19 heavy (non-hydrogen) atoms. The van der Waals surface area contributed by atoms with E-state index in [0.29, 0.717) is 12.1 Å². The zero-order valence-corrected chi connectivity index (χ0v) is 10.6. The Morgan fingerprint density at radius 3 is 2.53 bits per heavy atom. The Kier molecular flexibility index (Phi) is 3.59. The van der Waals surface area contributed by atoms with Crippen LogP contribution < -0.4 is 4.74 Å². The molecule has 0 bridgehead atoms. The van der Waals surface area contributed by atoms with E-state index in [-0.39, 0.29) is 16.7 Å². The van der Waals surface area contributed by atoms with Gasteiger partial charge in [-0.2, -0.15) is 13.2 Å². The van der Waals surface area contributed by atoms with Crippen molar-refractivity contribution in [1.29, 1.82) is 0 Å². The van der Waals surface area contributed by atoms with Crippen LogP contribution in [0.15, 0.2) is 18.5 Å². The average molecular weight is 270 g/mol. The summed E-state index contributed by atoms with van der Waals surface area (Å²) < 4.78 is 44.3. The van der Waals surface area contributed by atoms with Crippen LogP contribution in [0.3, 0.4) is 0 Å². The second-order valence-electron chi connectivity index (χ2n) is 4.14. The average Bonchev–Trinajstić information content (AvgIpc) is 2.37. The monoisotopic (exact) mass is 270 g/mol. The van der Waals surface area contributed by atoms with E-state index in [0.717, 1.165) is 12.5 Å². The highest BCUT2D eigenvalue weighted by Gasteiger charge is 2.34. The van der Waals surface area contributed by atoms with Gasteiger partial charge in [-0.1, -0.05) is 13.3 Å². The van der Waals surface area contributed by atoms with Gasteiger partial charge in [-0.15, -0.1) is 0 Å². The van der Waals surface area contributed by atoms with E-state index < -0.39 is 11.7 Å². The molecule has 1 aromatic carbocycles. The lowest BCUT2D eigenvalue weighted by Gasteiger charge is -2.14. The van der Waals surface area contributed by atoms with E-state index >= 15 is 0 Å². The number of aryl methyl sites for hydroxylation is 1. The number of aromatic nitrogens is 2. The Labute approximate surface area is 108 Å². The molecule has 6 heteroatoms. The lowest BCUT2D eigenvalue weighted by molar-refractivity contribution is -0.136. The van der Waals surface area contributed by atoms with E-state index in [9.17, 15) is 13.2 Å². The third-order valence-electron chi connectivity index (χ3n) is 2.82. The van der Waals surface area contributed by atoms with Crippen LogP contribution >= 0.6 is 0 Å². The molecule has 0 spiro atoms. The van der Waals surface area contributed by atoms with Gasteiger partial charge in [-0.3, -0.25) is 0 Å². The molecule has 0 N–H and O–H groups in total. The number of benzene rings is 1. The highest BCUT2D eigenvalue weighted by Crippen LogP contribution is 2.38. The summed E-state index contributed by atoms with van der Waals surface area (Å²) in [6, 6.07) is 2.48. The first-order valence-electron chi connectivity index (χ1n) is 5.86. The van der Waals surface area contributed by atoms with Gasteiger partial charge < -0.3 is 4.74 Å². The second kappa shape index (κ2) is 5.03. The molecule has 1 aromatic heterocycles. The summed E-state index contributed by atoms with van der Waals surface area (Å²) in [7, 11) is 1.33. The van der Waals surface area contributed by atoms with Crippen molar-refractivity contribution in [2.24, 2.45) is 0 Å². The minimum atomic E-state index is -4.46. The molecular weight excluding hydrogens is 257 g/mol. The predicted octanol–water partition coefficient (Wildman–Crippen LogP) is 3.61. The molecule has 0 atom stereocenters. The molecule has 0 fully saturated rings. The number of fused-ring (bicyclic) bond motifs is 1. The Balaban J connectivity index is 2.81. The topological polar surface area (TPSA) is 35.0 Å². The smallest absolute Gasteiger partial charge is 0.417 e. The van der Waals surface area contributed by atoms with Crippen LogP contribution in [0.2, 0.25) is 0 Å². The Bertz CT molecular complexity index is 596. The molecule has 0 unspecified atom stereocenters. The van der Waals surface area contributed by atoms with E-state index in [1.54, 1.807) is 0 Å². The molecule has 0 aliphatic rings. The Morgan fingerprint density at radius 2 is 1.95 bits per heavy atom. The number of methoxy groups -OCH3 is 1. The second-order valence-corrected chi connectivity index (χ2v) is 4.14. The van der Waals surface area contributed by atoms with Gasteiger partial charge >= 0.3 is 6.18 Å². The van der Waals surface area contributed by atoms with Crippen LogP contribution in [0, 0.1) is 0 Å². The molecule has 102 valence electrons. The maximum atomic E-state index is 13.1. The van der Waals surface area contributed by atoms with Crippen molar-refractivity contribution in [3.05, 3.63) is 29.7 Å². The summed E-state index contributed by atoms with van der Waals surface area (Å²) >= 11 is 0. The van der Waals surface area contributed by atoms with E-state index in [4.69, 9.17) is 4.74 Å². The highest BCUT2D eigenvalue weighted by atomic mass is 19.4. The van der Waals surface area contributed by atoms with Gasteiger partial charge in [0.1, 0.15) is 12.1 Å². The number of nitrogens with zero attached hydrogens (tertiary/aromatic N) is 2. The van der Waals surface area contributed by atoms with Gasteiger partial charge in [0.05, 0.1) is 23.9 Å². The molecule has 0 aliphatic heterocycles. The van der Waals surface area contributed by atoms with Crippen molar-refractivity contribution in [2.75, 3.05) is 7.11 Å². The fraction of sp³-hybridized carbons (Fsp3) is 0.385. The molecule has 3 nitrogen and oxygen atoms in total.